The molecular formula is C24H34N4O3. The molecule has 0 spiro atoms. The van der Waals surface area contributed by atoms with Crippen LogP contribution in [0.2, 0.25) is 0 Å². The van der Waals surface area contributed by atoms with E-state index in [4.69, 9.17) is 4.74 Å². The molecule has 0 radical (unpaired) electrons. The highest BCUT2D eigenvalue weighted by Gasteiger charge is 2.38. The van der Waals surface area contributed by atoms with Crippen LogP contribution < -0.4 is 9.80 Å². The monoisotopic (exact) mass is 426 g/mol. The highest BCUT2D eigenvalue weighted by Crippen LogP contribution is 2.39. The van der Waals surface area contributed by atoms with Crippen molar-refractivity contribution in [2.75, 3.05) is 23.0 Å². The first-order valence-corrected chi connectivity index (χ1v) is 10.9. The van der Waals surface area contributed by atoms with Crippen LogP contribution in [0, 0.1) is 13.8 Å². The highest BCUT2D eigenvalue weighted by atomic mass is 16.6. The molecule has 1 unspecified atom stereocenters. The maximum Gasteiger partial charge on any atom is 0.414 e. The van der Waals surface area contributed by atoms with Crippen LogP contribution in [0.5, 0.6) is 0 Å². The molecule has 3 rings (SSSR count). The van der Waals surface area contributed by atoms with Crippen molar-refractivity contribution < 1.29 is 14.3 Å². The van der Waals surface area contributed by atoms with E-state index in [1.807, 2.05) is 39.0 Å². The third-order valence-corrected chi connectivity index (χ3v) is 5.95. The predicted molar refractivity (Wildman–Crippen MR) is 123 cm³/mol. The molecule has 0 saturated carbocycles. The van der Waals surface area contributed by atoms with Crippen molar-refractivity contribution in [1.82, 2.24) is 9.78 Å². The predicted octanol–water partition coefficient (Wildman–Crippen LogP) is 4.74. The van der Waals surface area contributed by atoms with Crippen LogP contribution in [-0.4, -0.2) is 41.0 Å². The molecule has 2 amide bonds. The molecular weight excluding hydrogens is 392 g/mol. The Morgan fingerprint density at radius 1 is 1.10 bits per heavy atom. The maximum atomic E-state index is 13.7. The Morgan fingerprint density at radius 2 is 1.71 bits per heavy atom. The standard InChI is InChI=1S/C24H34N4O3/c1-9-17-14-27(22(29)20-13-21(24(5,6)7)25-26(20)8)18-11-15(3)16(4)12-19(18)28(17)23(30)31-10-2/h11-13,17H,9-10,14H2,1-8H3. The zero-order valence-electron chi connectivity index (χ0n) is 19.9. The first-order valence-electron chi connectivity index (χ1n) is 10.9. The van der Waals surface area contributed by atoms with Crippen LogP contribution in [0.3, 0.4) is 0 Å². The summed E-state index contributed by atoms with van der Waals surface area (Å²) >= 11 is 0. The Kier molecular flexibility index (Phi) is 6.16. The largest absolute Gasteiger partial charge is 0.449 e. The van der Waals surface area contributed by atoms with Crippen molar-refractivity contribution in [3.8, 4) is 0 Å². The summed E-state index contributed by atoms with van der Waals surface area (Å²) in [5.41, 5.74) is 4.82. The second kappa shape index (κ2) is 8.36. The van der Waals surface area contributed by atoms with Gasteiger partial charge in [0.05, 0.1) is 29.7 Å². The summed E-state index contributed by atoms with van der Waals surface area (Å²) in [6.07, 6.45) is 0.328. The quantitative estimate of drug-likeness (QED) is 0.711. The lowest BCUT2D eigenvalue weighted by Gasteiger charge is -2.42. The van der Waals surface area contributed by atoms with Crippen molar-refractivity contribution in [1.29, 1.82) is 0 Å². The minimum atomic E-state index is -0.374. The minimum absolute atomic E-state index is 0.114. The number of anilines is 2. The molecule has 168 valence electrons. The molecule has 31 heavy (non-hydrogen) atoms. The summed E-state index contributed by atoms with van der Waals surface area (Å²) in [6, 6.07) is 5.67. The van der Waals surface area contributed by atoms with Crippen LogP contribution in [0.1, 0.15) is 68.3 Å². The summed E-state index contributed by atoms with van der Waals surface area (Å²) in [5.74, 6) is -0.114. The summed E-state index contributed by atoms with van der Waals surface area (Å²) < 4.78 is 7.01. The summed E-state index contributed by atoms with van der Waals surface area (Å²) in [7, 11) is 1.80. The molecule has 1 aliphatic rings. The second-order valence-electron chi connectivity index (χ2n) is 9.26. The lowest BCUT2D eigenvalue weighted by atomic mass is 9.92. The lowest BCUT2D eigenvalue weighted by Crippen LogP contribution is -2.53. The van der Waals surface area contributed by atoms with Gasteiger partial charge in [-0.3, -0.25) is 14.4 Å². The number of aryl methyl sites for hydroxylation is 3. The third-order valence-electron chi connectivity index (χ3n) is 5.95. The average molecular weight is 427 g/mol. The van der Waals surface area contributed by atoms with Crippen molar-refractivity contribution >= 4 is 23.4 Å². The van der Waals surface area contributed by atoms with Crippen LogP contribution in [0.25, 0.3) is 0 Å². The van der Waals surface area contributed by atoms with E-state index in [2.05, 4.69) is 25.9 Å². The van der Waals surface area contributed by atoms with E-state index < -0.39 is 0 Å². The van der Waals surface area contributed by atoms with Crippen molar-refractivity contribution in [2.45, 2.75) is 66.3 Å². The van der Waals surface area contributed by atoms with Gasteiger partial charge in [-0.15, -0.1) is 0 Å². The fourth-order valence-electron chi connectivity index (χ4n) is 3.90. The normalized spacial score (nSPS) is 16.3. The SMILES string of the molecule is CCOC(=O)N1c2cc(C)c(C)cc2N(C(=O)c2cc(C(C)(C)C)nn2C)CC1CC. The molecule has 7 nitrogen and oxygen atoms in total. The Labute approximate surface area is 185 Å². The van der Waals surface area contributed by atoms with Gasteiger partial charge in [0.1, 0.15) is 5.69 Å². The summed E-state index contributed by atoms with van der Waals surface area (Å²) in [5, 5.41) is 4.58. The summed E-state index contributed by atoms with van der Waals surface area (Å²) in [6.45, 7) is 14.8. The van der Waals surface area contributed by atoms with Gasteiger partial charge in [-0.05, 0) is 56.5 Å². The van der Waals surface area contributed by atoms with Crippen LogP contribution in [-0.2, 0) is 17.2 Å². The number of fused-ring (bicyclic) bond motifs is 1. The minimum Gasteiger partial charge on any atom is -0.449 e. The van der Waals surface area contributed by atoms with Gasteiger partial charge in [0.2, 0.25) is 0 Å². The number of nitrogens with zero attached hydrogens (tertiary/aromatic N) is 4. The molecule has 1 aliphatic heterocycles. The molecule has 1 aromatic carbocycles. The van der Waals surface area contributed by atoms with Gasteiger partial charge >= 0.3 is 6.09 Å². The van der Waals surface area contributed by atoms with Gasteiger partial charge in [0, 0.05) is 19.0 Å². The Balaban J connectivity index is 2.12. The molecule has 0 aliphatic carbocycles. The molecule has 1 aromatic heterocycles. The van der Waals surface area contributed by atoms with Gasteiger partial charge in [0.25, 0.3) is 5.91 Å². The van der Waals surface area contributed by atoms with Gasteiger partial charge in [-0.25, -0.2) is 4.79 Å². The van der Waals surface area contributed by atoms with E-state index in [0.29, 0.717) is 31.0 Å². The second-order valence-corrected chi connectivity index (χ2v) is 9.26. The fraction of sp³-hybridized carbons (Fsp3) is 0.542. The van der Waals surface area contributed by atoms with Gasteiger partial charge in [-0.2, -0.15) is 5.10 Å². The molecule has 2 heterocycles. The number of hydrogen-bond acceptors (Lipinski definition) is 4. The molecule has 2 aromatic rings. The smallest absolute Gasteiger partial charge is 0.414 e. The molecule has 0 N–H and O–H groups in total. The van der Waals surface area contributed by atoms with E-state index >= 15 is 0 Å². The number of carbonyl (C=O) groups excluding carboxylic acids is 2. The highest BCUT2D eigenvalue weighted by molar-refractivity contribution is 6.09. The van der Waals surface area contributed by atoms with Crippen LogP contribution >= 0.6 is 0 Å². The van der Waals surface area contributed by atoms with Gasteiger partial charge < -0.3 is 9.64 Å². The molecule has 1 atom stereocenters. The molecule has 7 heteroatoms. The van der Waals surface area contributed by atoms with E-state index in [9.17, 15) is 9.59 Å². The van der Waals surface area contributed by atoms with E-state index in [0.717, 1.165) is 22.5 Å². The zero-order chi connectivity index (χ0) is 23.1. The lowest BCUT2D eigenvalue weighted by molar-refractivity contribution is 0.0972. The van der Waals surface area contributed by atoms with E-state index in [-0.39, 0.29) is 23.5 Å². The molecule has 0 fully saturated rings. The summed E-state index contributed by atoms with van der Waals surface area (Å²) in [4.78, 5) is 30.0. The number of ether oxygens (including phenoxy) is 1. The number of hydrogen-bond donors (Lipinski definition) is 0. The fourth-order valence-corrected chi connectivity index (χ4v) is 3.90. The van der Waals surface area contributed by atoms with Crippen LogP contribution in [0.4, 0.5) is 16.2 Å². The number of aromatic nitrogens is 2. The number of carbonyl (C=O) groups is 2. The number of amides is 2. The average Bonchev–Trinajstić information content (AvgIpc) is 3.09. The Bertz CT molecular complexity index is 1000. The Morgan fingerprint density at radius 3 is 2.23 bits per heavy atom. The number of rotatable bonds is 3. The third kappa shape index (κ3) is 4.18. The maximum absolute atomic E-state index is 13.7. The van der Waals surface area contributed by atoms with Gasteiger partial charge in [0.15, 0.2) is 0 Å². The first-order chi connectivity index (χ1) is 14.5. The van der Waals surface area contributed by atoms with E-state index in [1.54, 1.807) is 28.5 Å². The van der Waals surface area contributed by atoms with E-state index in [1.165, 1.54) is 0 Å². The Hall–Kier alpha value is -2.83. The topological polar surface area (TPSA) is 67.7 Å². The van der Waals surface area contributed by atoms with Crippen molar-refractivity contribution in [3.05, 3.63) is 40.7 Å². The number of benzene rings is 1. The first kappa shape index (κ1) is 22.8. The van der Waals surface area contributed by atoms with Crippen molar-refractivity contribution in [3.63, 3.8) is 0 Å². The molecule has 0 bridgehead atoms. The van der Waals surface area contributed by atoms with Crippen LogP contribution in [0.15, 0.2) is 18.2 Å². The van der Waals surface area contributed by atoms with Gasteiger partial charge in [-0.1, -0.05) is 27.7 Å². The molecule has 0 saturated heterocycles. The van der Waals surface area contributed by atoms with Crippen molar-refractivity contribution in [2.24, 2.45) is 7.05 Å². The zero-order valence-corrected chi connectivity index (χ0v) is 19.9.